The van der Waals surface area contributed by atoms with Gasteiger partial charge >= 0.3 is 0 Å². The van der Waals surface area contributed by atoms with E-state index in [1.54, 1.807) is 0 Å². The molecule has 0 bridgehead atoms. The fraction of sp³-hybridized carbons (Fsp3) is 0.227. The number of hydrogen-bond donors (Lipinski definition) is 1. The third-order valence-electron chi connectivity index (χ3n) is 4.95. The number of rotatable bonds is 4. The maximum atomic E-state index is 12.6. The van der Waals surface area contributed by atoms with E-state index in [0.717, 1.165) is 42.1 Å². The molecule has 2 heterocycles. The highest BCUT2D eigenvalue weighted by molar-refractivity contribution is 6.30. The molecular weight excluding hydrogens is 372 g/mol. The number of amides is 1. The summed E-state index contributed by atoms with van der Waals surface area (Å²) in [6.07, 6.45) is 1.83. The molecule has 0 spiro atoms. The Bertz CT molecular complexity index is 929. The van der Waals surface area contributed by atoms with Crippen LogP contribution in [0.15, 0.2) is 66.7 Å². The number of para-hydroxylation sites is 1. The Morgan fingerprint density at radius 3 is 2.50 bits per heavy atom. The van der Waals surface area contributed by atoms with Gasteiger partial charge in [-0.25, -0.2) is 0 Å². The topological polar surface area (TPSA) is 58.1 Å². The highest BCUT2D eigenvalue weighted by atomic mass is 35.5. The van der Waals surface area contributed by atoms with Gasteiger partial charge in [0.2, 0.25) is 5.91 Å². The lowest BCUT2D eigenvalue weighted by Gasteiger charge is -2.32. The monoisotopic (exact) mass is 392 g/mol. The minimum atomic E-state index is -0.0632. The summed E-state index contributed by atoms with van der Waals surface area (Å²) < 4.78 is 0. The summed E-state index contributed by atoms with van der Waals surface area (Å²) in [5, 5.41) is 12.4. The second-order valence-corrected chi connectivity index (χ2v) is 7.36. The normalized spacial score (nSPS) is 16.6. The van der Waals surface area contributed by atoms with E-state index in [-0.39, 0.29) is 11.8 Å². The van der Waals surface area contributed by atoms with E-state index in [2.05, 4.69) is 20.4 Å². The Morgan fingerprint density at radius 1 is 1.00 bits per heavy atom. The Labute approximate surface area is 169 Å². The van der Waals surface area contributed by atoms with Gasteiger partial charge in [-0.2, -0.15) is 0 Å². The molecular formula is C22H21ClN4O. The molecule has 4 rings (SSSR count). The van der Waals surface area contributed by atoms with Crippen molar-refractivity contribution in [2.24, 2.45) is 5.92 Å². The molecule has 0 aliphatic carbocycles. The second kappa shape index (κ2) is 8.40. The highest BCUT2D eigenvalue weighted by Gasteiger charge is 2.26. The van der Waals surface area contributed by atoms with E-state index in [1.165, 1.54) is 0 Å². The number of nitrogens with zero attached hydrogens (tertiary/aromatic N) is 3. The number of nitrogens with one attached hydrogen (secondary N) is 1. The fourth-order valence-corrected chi connectivity index (χ4v) is 3.56. The SMILES string of the molecule is O=C(Nc1ccccc1)C1CCCN(c2ccc(-c3ccc(Cl)cc3)nn2)C1. The molecule has 3 aromatic rings. The summed E-state index contributed by atoms with van der Waals surface area (Å²) in [5.74, 6) is 0.795. The molecule has 1 saturated heterocycles. The van der Waals surface area contributed by atoms with Crippen LogP contribution in [-0.2, 0) is 4.79 Å². The van der Waals surface area contributed by atoms with Crippen LogP contribution in [0.1, 0.15) is 12.8 Å². The van der Waals surface area contributed by atoms with Crippen molar-refractivity contribution in [3.8, 4) is 11.3 Å². The number of carbonyl (C=O) groups excluding carboxylic acids is 1. The molecule has 28 heavy (non-hydrogen) atoms. The summed E-state index contributed by atoms with van der Waals surface area (Å²) in [5.41, 5.74) is 2.61. The largest absolute Gasteiger partial charge is 0.354 e. The van der Waals surface area contributed by atoms with Crippen molar-refractivity contribution in [2.75, 3.05) is 23.3 Å². The molecule has 0 radical (unpaired) electrons. The third kappa shape index (κ3) is 4.31. The molecule has 2 aromatic carbocycles. The molecule has 6 heteroatoms. The molecule has 0 saturated carbocycles. The van der Waals surface area contributed by atoms with E-state index < -0.39 is 0 Å². The lowest BCUT2D eigenvalue weighted by atomic mass is 9.97. The highest BCUT2D eigenvalue weighted by Crippen LogP contribution is 2.25. The van der Waals surface area contributed by atoms with Gasteiger partial charge in [0.15, 0.2) is 5.82 Å². The number of anilines is 2. The van der Waals surface area contributed by atoms with Crippen LogP contribution in [0.3, 0.4) is 0 Å². The Morgan fingerprint density at radius 2 is 1.79 bits per heavy atom. The van der Waals surface area contributed by atoms with Crippen molar-refractivity contribution in [2.45, 2.75) is 12.8 Å². The molecule has 1 fully saturated rings. The van der Waals surface area contributed by atoms with E-state index in [9.17, 15) is 4.79 Å². The van der Waals surface area contributed by atoms with Gasteiger partial charge in [-0.1, -0.05) is 41.9 Å². The number of aromatic nitrogens is 2. The zero-order valence-electron chi connectivity index (χ0n) is 15.4. The maximum absolute atomic E-state index is 12.6. The summed E-state index contributed by atoms with van der Waals surface area (Å²) in [6.45, 7) is 1.53. The van der Waals surface area contributed by atoms with Crippen molar-refractivity contribution in [1.82, 2.24) is 10.2 Å². The van der Waals surface area contributed by atoms with Gasteiger partial charge < -0.3 is 10.2 Å². The molecule has 1 unspecified atom stereocenters. The fourth-order valence-electron chi connectivity index (χ4n) is 3.43. The van der Waals surface area contributed by atoms with Crippen LogP contribution in [0, 0.1) is 5.92 Å². The number of hydrogen-bond acceptors (Lipinski definition) is 4. The molecule has 142 valence electrons. The first-order chi connectivity index (χ1) is 13.7. The molecule has 1 atom stereocenters. The minimum absolute atomic E-state index is 0.0571. The van der Waals surface area contributed by atoms with Gasteiger partial charge in [0, 0.05) is 29.4 Å². The molecule has 1 amide bonds. The standard InChI is InChI=1S/C22H21ClN4O/c23-18-10-8-16(9-11-18)20-12-13-21(26-25-20)27-14-4-5-17(15-27)22(28)24-19-6-2-1-3-7-19/h1-3,6-13,17H,4-5,14-15H2,(H,24,28). The average molecular weight is 393 g/mol. The summed E-state index contributed by atoms with van der Waals surface area (Å²) in [4.78, 5) is 14.8. The number of piperidine rings is 1. The molecule has 5 nitrogen and oxygen atoms in total. The van der Waals surface area contributed by atoms with Gasteiger partial charge in [0.1, 0.15) is 0 Å². The van der Waals surface area contributed by atoms with E-state index in [4.69, 9.17) is 11.6 Å². The molecule has 1 aliphatic rings. The summed E-state index contributed by atoms with van der Waals surface area (Å²) >= 11 is 5.94. The Kier molecular flexibility index (Phi) is 5.53. The first-order valence-corrected chi connectivity index (χ1v) is 9.77. The Balaban J connectivity index is 1.42. The van der Waals surface area contributed by atoms with E-state index >= 15 is 0 Å². The lowest BCUT2D eigenvalue weighted by Crippen LogP contribution is -2.41. The minimum Gasteiger partial charge on any atom is -0.354 e. The van der Waals surface area contributed by atoms with Crippen molar-refractivity contribution in [1.29, 1.82) is 0 Å². The van der Waals surface area contributed by atoms with Crippen LogP contribution in [0.2, 0.25) is 5.02 Å². The van der Waals surface area contributed by atoms with E-state index in [1.807, 2.05) is 66.7 Å². The van der Waals surface area contributed by atoms with Gasteiger partial charge in [-0.15, -0.1) is 10.2 Å². The number of benzene rings is 2. The number of carbonyl (C=O) groups is 1. The lowest BCUT2D eigenvalue weighted by molar-refractivity contribution is -0.120. The van der Waals surface area contributed by atoms with Crippen LogP contribution < -0.4 is 10.2 Å². The zero-order valence-corrected chi connectivity index (χ0v) is 16.1. The number of halogens is 1. The van der Waals surface area contributed by atoms with Crippen molar-refractivity contribution in [3.05, 3.63) is 71.8 Å². The van der Waals surface area contributed by atoms with Crippen molar-refractivity contribution >= 4 is 29.0 Å². The summed E-state index contributed by atoms with van der Waals surface area (Å²) in [6, 6.07) is 21.0. The van der Waals surface area contributed by atoms with Gasteiger partial charge in [0.25, 0.3) is 0 Å². The first-order valence-electron chi connectivity index (χ1n) is 9.39. The van der Waals surface area contributed by atoms with Gasteiger partial charge in [-0.3, -0.25) is 4.79 Å². The smallest absolute Gasteiger partial charge is 0.229 e. The van der Waals surface area contributed by atoms with E-state index in [0.29, 0.717) is 11.6 Å². The average Bonchev–Trinajstić information content (AvgIpc) is 2.75. The zero-order chi connectivity index (χ0) is 19.3. The van der Waals surface area contributed by atoms with Crippen LogP contribution >= 0.6 is 11.6 Å². The van der Waals surface area contributed by atoms with Crippen LogP contribution in [-0.4, -0.2) is 29.2 Å². The summed E-state index contributed by atoms with van der Waals surface area (Å²) in [7, 11) is 0. The molecule has 1 aliphatic heterocycles. The van der Waals surface area contributed by atoms with Crippen molar-refractivity contribution in [3.63, 3.8) is 0 Å². The quantitative estimate of drug-likeness (QED) is 0.702. The third-order valence-corrected chi connectivity index (χ3v) is 5.20. The Hall–Kier alpha value is -2.92. The predicted octanol–water partition coefficient (Wildman–Crippen LogP) is 4.65. The maximum Gasteiger partial charge on any atom is 0.229 e. The van der Waals surface area contributed by atoms with Gasteiger partial charge in [-0.05, 0) is 49.2 Å². The molecule has 1 aromatic heterocycles. The predicted molar refractivity (Wildman–Crippen MR) is 112 cm³/mol. The van der Waals surface area contributed by atoms with Crippen LogP contribution in [0.5, 0.6) is 0 Å². The van der Waals surface area contributed by atoms with Crippen LogP contribution in [0.4, 0.5) is 11.5 Å². The van der Waals surface area contributed by atoms with Crippen molar-refractivity contribution < 1.29 is 4.79 Å². The van der Waals surface area contributed by atoms with Gasteiger partial charge in [0.05, 0.1) is 11.6 Å². The first kappa shape index (κ1) is 18.4. The second-order valence-electron chi connectivity index (χ2n) is 6.92. The van der Waals surface area contributed by atoms with Crippen LogP contribution in [0.25, 0.3) is 11.3 Å². The molecule has 1 N–H and O–H groups in total.